The van der Waals surface area contributed by atoms with Crippen LogP contribution in [0.3, 0.4) is 0 Å². The van der Waals surface area contributed by atoms with Gasteiger partial charge in [0.15, 0.2) is 12.6 Å². The minimum atomic E-state index is -1.79. The van der Waals surface area contributed by atoms with E-state index in [0.29, 0.717) is 0 Å². The van der Waals surface area contributed by atoms with Crippen molar-refractivity contribution in [3.63, 3.8) is 0 Å². The van der Waals surface area contributed by atoms with Crippen LogP contribution in [0.25, 0.3) is 0 Å². The third-order valence-corrected chi connectivity index (χ3v) is 18.5. The number of nitrogens with one attached hydrogen (secondary N) is 1. The Morgan fingerprint density at radius 3 is 1.07 bits per heavy atom. The Labute approximate surface area is 526 Å². The average Bonchev–Trinajstić information content (AvgIpc) is 2.45. The van der Waals surface area contributed by atoms with Crippen LogP contribution in [-0.4, -0.2) is 140 Å². The first-order valence-corrected chi connectivity index (χ1v) is 36.9. The number of ether oxygens (including phenoxy) is 4. The first-order valence-electron chi connectivity index (χ1n) is 36.9. The van der Waals surface area contributed by atoms with Gasteiger partial charge in [0.05, 0.1) is 32.0 Å². The van der Waals surface area contributed by atoms with Crippen molar-refractivity contribution in [3.8, 4) is 0 Å². The summed E-state index contributed by atoms with van der Waals surface area (Å²) in [5.41, 5.74) is 0. The standard InChI is InChI=1S/C72H139NO13/c1-3-5-7-9-11-13-15-17-19-21-22-23-24-25-26-27-28-29-30-31-32-33-34-35-36-37-38-39-40-42-44-46-48-50-52-54-56-64(77)73-60(61(76)55-53-51-49-47-45-43-41-20-18-16-14-12-10-8-6-4-2)59-83-71-69(82)67(80)70(63(58-75)85-71)86-72-68(81)66(79)65(78)62(57-74)84-72/h53,55,60-63,65-72,74-76,78-82H,3-52,54,56-59H2,1-2H3,(H,73,77)/b55-53+. The van der Waals surface area contributed by atoms with Crippen LogP contribution < -0.4 is 5.32 Å². The Bertz CT molecular complexity index is 1490. The highest BCUT2D eigenvalue weighted by Crippen LogP contribution is 2.30. The maximum Gasteiger partial charge on any atom is 0.220 e. The summed E-state index contributed by atoms with van der Waals surface area (Å²) in [7, 11) is 0. The lowest BCUT2D eigenvalue weighted by Gasteiger charge is -2.46. The van der Waals surface area contributed by atoms with E-state index in [9.17, 15) is 45.6 Å². The molecule has 12 unspecified atom stereocenters. The van der Waals surface area contributed by atoms with Crippen molar-refractivity contribution < 1.29 is 64.6 Å². The van der Waals surface area contributed by atoms with Crippen molar-refractivity contribution in [3.05, 3.63) is 12.2 Å². The van der Waals surface area contributed by atoms with E-state index in [1.165, 1.54) is 283 Å². The molecule has 2 saturated heterocycles. The molecule has 0 bridgehead atoms. The van der Waals surface area contributed by atoms with Crippen LogP contribution in [0, 0.1) is 0 Å². The van der Waals surface area contributed by atoms with Crippen LogP contribution in [0.4, 0.5) is 0 Å². The van der Waals surface area contributed by atoms with Gasteiger partial charge in [0.1, 0.15) is 48.8 Å². The number of amides is 1. The molecule has 0 aromatic heterocycles. The van der Waals surface area contributed by atoms with Crippen molar-refractivity contribution >= 4 is 5.91 Å². The van der Waals surface area contributed by atoms with E-state index in [1.807, 2.05) is 6.08 Å². The summed E-state index contributed by atoms with van der Waals surface area (Å²) in [5.74, 6) is -0.231. The molecule has 2 rings (SSSR count). The van der Waals surface area contributed by atoms with Crippen molar-refractivity contribution in [2.75, 3.05) is 19.8 Å². The molecule has 0 aromatic rings. The number of allylic oxidation sites excluding steroid dienone is 1. The maximum atomic E-state index is 13.3. The highest BCUT2D eigenvalue weighted by molar-refractivity contribution is 5.76. The highest BCUT2D eigenvalue weighted by Gasteiger charge is 2.51. The Kier molecular flexibility index (Phi) is 54.1. The summed E-state index contributed by atoms with van der Waals surface area (Å²) in [4.78, 5) is 13.3. The summed E-state index contributed by atoms with van der Waals surface area (Å²) in [6.07, 6.45) is 54.4. The summed E-state index contributed by atoms with van der Waals surface area (Å²) in [6, 6.07) is -0.911. The first-order chi connectivity index (χ1) is 42.1. The minimum absolute atomic E-state index is 0.231. The topological polar surface area (TPSA) is 228 Å². The van der Waals surface area contributed by atoms with Gasteiger partial charge in [0.2, 0.25) is 5.91 Å². The van der Waals surface area contributed by atoms with E-state index in [2.05, 4.69) is 19.2 Å². The van der Waals surface area contributed by atoms with E-state index in [4.69, 9.17) is 18.9 Å². The Morgan fingerprint density at radius 2 is 0.721 bits per heavy atom. The molecule has 0 radical (unpaired) electrons. The number of hydrogen-bond donors (Lipinski definition) is 9. The van der Waals surface area contributed by atoms with Crippen LogP contribution in [-0.2, 0) is 23.7 Å². The zero-order chi connectivity index (χ0) is 62.3. The zero-order valence-electron chi connectivity index (χ0n) is 55.6. The van der Waals surface area contributed by atoms with Gasteiger partial charge in [-0.1, -0.05) is 334 Å². The number of aliphatic hydroxyl groups is 8. The molecule has 0 spiro atoms. The van der Waals surface area contributed by atoms with Crippen molar-refractivity contribution in [1.82, 2.24) is 5.32 Å². The lowest BCUT2D eigenvalue weighted by Crippen LogP contribution is -2.65. The van der Waals surface area contributed by atoms with Crippen molar-refractivity contribution in [1.29, 1.82) is 0 Å². The average molecular weight is 1230 g/mol. The molecule has 0 saturated carbocycles. The van der Waals surface area contributed by atoms with Gasteiger partial charge in [-0.15, -0.1) is 0 Å². The molecule has 14 nitrogen and oxygen atoms in total. The molecule has 2 fully saturated rings. The number of rotatable bonds is 62. The molecule has 12 atom stereocenters. The second-order valence-electron chi connectivity index (χ2n) is 26.4. The van der Waals surface area contributed by atoms with Gasteiger partial charge in [-0.2, -0.15) is 0 Å². The number of aliphatic hydroxyl groups excluding tert-OH is 8. The van der Waals surface area contributed by atoms with Crippen LogP contribution >= 0.6 is 0 Å². The third-order valence-electron chi connectivity index (χ3n) is 18.5. The minimum Gasteiger partial charge on any atom is -0.394 e. The molecule has 510 valence electrons. The molecule has 2 heterocycles. The molecule has 9 N–H and O–H groups in total. The molecule has 86 heavy (non-hydrogen) atoms. The van der Waals surface area contributed by atoms with Gasteiger partial charge in [0, 0.05) is 6.42 Å². The molecule has 0 aromatic carbocycles. The Morgan fingerprint density at radius 1 is 0.407 bits per heavy atom. The fraction of sp³-hybridized carbons (Fsp3) is 0.958. The molecular weight excluding hydrogens is 1090 g/mol. The Hall–Kier alpha value is -1.27. The smallest absolute Gasteiger partial charge is 0.220 e. The summed E-state index contributed by atoms with van der Waals surface area (Å²) < 4.78 is 22.8. The van der Waals surface area contributed by atoms with Crippen LogP contribution in [0.1, 0.15) is 348 Å². The third kappa shape index (κ3) is 41.3. The van der Waals surface area contributed by atoms with Gasteiger partial charge >= 0.3 is 0 Å². The number of carbonyl (C=O) groups excluding carboxylic acids is 1. The number of hydrogen-bond acceptors (Lipinski definition) is 13. The fourth-order valence-electron chi connectivity index (χ4n) is 12.6. The SMILES string of the molecule is CCCCCCCCCCCCCCCC/C=C/C(O)C(COC1OC(CO)C(OC2OC(CO)C(O)C(O)C2O)C(O)C1O)NC(=O)CCCCCCCCCCCCCCCCCCCCCCCCCCCCCCCCCCCCCC. The van der Waals surface area contributed by atoms with Crippen LogP contribution in [0.2, 0.25) is 0 Å². The van der Waals surface area contributed by atoms with E-state index in [-0.39, 0.29) is 18.9 Å². The normalized spacial score (nSPS) is 23.4. The number of carbonyl (C=O) groups is 1. The molecule has 14 heteroatoms. The first kappa shape index (κ1) is 80.8. The van der Waals surface area contributed by atoms with E-state index in [1.54, 1.807) is 6.08 Å². The monoisotopic (exact) mass is 1230 g/mol. The van der Waals surface area contributed by atoms with E-state index >= 15 is 0 Å². The van der Waals surface area contributed by atoms with Crippen LogP contribution in [0.15, 0.2) is 12.2 Å². The van der Waals surface area contributed by atoms with Crippen molar-refractivity contribution in [2.45, 2.75) is 421 Å². The predicted molar refractivity (Wildman–Crippen MR) is 351 cm³/mol. The second-order valence-corrected chi connectivity index (χ2v) is 26.4. The molecular formula is C72H139NO13. The highest BCUT2D eigenvalue weighted by atomic mass is 16.7. The lowest BCUT2D eigenvalue weighted by molar-refractivity contribution is -0.359. The van der Waals surface area contributed by atoms with Crippen molar-refractivity contribution in [2.24, 2.45) is 0 Å². The molecule has 2 aliphatic rings. The second kappa shape index (κ2) is 57.6. The van der Waals surface area contributed by atoms with Crippen LogP contribution in [0.5, 0.6) is 0 Å². The van der Waals surface area contributed by atoms with E-state index in [0.717, 1.165) is 44.9 Å². The molecule has 1 amide bonds. The quantitative estimate of drug-likeness (QED) is 0.0204. The molecule has 0 aliphatic carbocycles. The van der Waals surface area contributed by atoms with Gasteiger partial charge in [-0.05, 0) is 19.3 Å². The summed E-state index contributed by atoms with van der Waals surface area (Å²) >= 11 is 0. The molecule has 2 aliphatic heterocycles. The largest absolute Gasteiger partial charge is 0.394 e. The number of unbranched alkanes of at least 4 members (excludes halogenated alkanes) is 49. The Balaban J connectivity index is 1.58. The predicted octanol–water partition coefficient (Wildman–Crippen LogP) is 15.4. The lowest BCUT2D eigenvalue weighted by atomic mass is 9.97. The fourth-order valence-corrected chi connectivity index (χ4v) is 12.6. The van der Waals surface area contributed by atoms with E-state index < -0.39 is 86.8 Å². The summed E-state index contributed by atoms with van der Waals surface area (Å²) in [5, 5.41) is 87.4. The zero-order valence-corrected chi connectivity index (χ0v) is 55.6. The van der Waals surface area contributed by atoms with Gasteiger partial charge < -0.3 is 65.1 Å². The van der Waals surface area contributed by atoms with Gasteiger partial charge in [-0.25, -0.2) is 0 Å². The van der Waals surface area contributed by atoms with Gasteiger partial charge in [0.25, 0.3) is 0 Å². The van der Waals surface area contributed by atoms with Gasteiger partial charge in [-0.3, -0.25) is 4.79 Å². The maximum absolute atomic E-state index is 13.3. The summed E-state index contributed by atoms with van der Waals surface area (Å²) in [6.45, 7) is 2.85.